The van der Waals surface area contributed by atoms with Crippen molar-refractivity contribution in [3.63, 3.8) is 0 Å². The van der Waals surface area contributed by atoms with Crippen LogP contribution < -0.4 is 10.2 Å². The van der Waals surface area contributed by atoms with Crippen LogP contribution in [0.1, 0.15) is 29.5 Å². The highest BCUT2D eigenvalue weighted by molar-refractivity contribution is 6.35. The first-order valence-corrected chi connectivity index (χ1v) is 11.4. The van der Waals surface area contributed by atoms with Gasteiger partial charge in [0.15, 0.2) is 0 Å². The van der Waals surface area contributed by atoms with Crippen molar-refractivity contribution in [3.05, 3.63) is 58.1 Å². The van der Waals surface area contributed by atoms with Gasteiger partial charge in [-0.3, -0.25) is 19.3 Å². The van der Waals surface area contributed by atoms with Gasteiger partial charge in [0.1, 0.15) is 5.54 Å². The highest BCUT2D eigenvalue weighted by Gasteiger charge is 2.74. The molecular weight excluding hydrogens is 471 g/mol. The first-order valence-electron chi connectivity index (χ1n) is 11.0. The fourth-order valence-corrected chi connectivity index (χ4v) is 6.79. The third-order valence-electron chi connectivity index (χ3n) is 7.63. The van der Waals surface area contributed by atoms with E-state index in [0.29, 0.717) is 29.2 Å². The molecule has 10 heteroatoms. The number of anilines is 2. The van der Waals surface area contributed by atoms with Crippen LogP contribution >= 0.6 is 11.6 Å². The minimum Gasteiger partial charge on any atom is -0.323 e. The predicted octanol–water partition coefficient (Wildman–Crippen LogP) is 4.10. The van der Waals surface area contributed by atoms with Gasteiger partial charge in [0.25, 0.3) is 5.91 Å². The van der Waals surface area contributed by atoms with Crippen LogP contribution in [0, 0.1) is 18.8 Å². The third kappa shape index (κ3) is 2.54. The summed E-state index contributed by atoms with van der Waals surface area (Å²) < 4.78 is 40.0. The second-order valence-electron chi connectivity index (χ2n) is 9.36. The molecule has 176 valence electrons. The molecule has 0 unspecified atom stereocenters. The molecule has 0 bridgehead atoms. The molecule has 0 radical (unpaired) electrons. The van der Waals surface area contributed by atoms with E-state index >= 15 is 0 Å². The smallest absolute Gasteiger partial charge is 0.323 e. The summed E-state index contributed by atoms with van der Waals surface area (Å²) in [5.74, 6) is -3.55. The van der Waals surface area contributed by atoms with Gasteiger partial charge in [-0.1, -0.05) is 23.7 Å². The number of rotatable bonds is 1. The minimum absolute atomic E-state index is 0.139. The molecule has 2 aromatic rings. The van der Waals surface area contributed by atoms with Gasteiger partial charge in [0.2, 0.25) is 11.8 Å². The standard InChI is InChI=1S/C24H19ClF3N3O3/c1-11-8-14-19(15(25)9-11)29-22(34)23(14)18-17(16-6-3-7-30(16)23)20(32)31(21(18)33)13-5-2-4-12(10-13)24(26,27)28/h2,4-5,8-10,16-18H,3,6-7H2,1H3,(H,29,34)/t16-,17+,18-,23+/m0/s1. The number of imide groups is 1. The van der Waals surface area contributed by atoms with Crippen LogP contribution in [0.3, 0.4) is 0 Å². The Kier molecular flexibility index (Phi) is 4.34. The number of halogens is 4. The van der Waals surface area contributed by atoms with Gasteiger partial charge < -0.3 is 5.32 Å². The maximum atomic E-state index is 13.9. The highest BCUT2D eigenvalue weighted by Crippen LogP contribution is 2.61. The van der Waals surface area contributed by atoms with E-state index < -0.39 is 46.8 Å². The molecule has 1 spiro atoms. The Morgan fingerprint density at radius 2 is 1.88 bits per heavy atom. The van der Waals surface area contributed by atoms with E-state index in [1.807, 2.05) is 17.9 Å². The zero-order valence-corrected chi connectivity index (χ0v) is 18.7. The predicted molar refractivity (Wildman–Crippen MR) is 117 cm³/mol. The summed E-state index contributed by atoms with van der Waals surface area (Å²) in [7, 11) is 0. The number of hydrogen-bond donors (Lipinski definition) is 1. The zero-order chi connectivity index (χ0) is 24.2. The van der Waals surface area contributed by atoms with Gasteiger partial charge in [-0.25, -0.2) is 4.90 Å². The van der Waals surface area contributed by atoms with Crippen LogP contribution in [0.4, 0.5) is 24.5 Å². The second-order valence-corrected chi connectivity index (χ2v) is 9.76. The minimum atomic E-state index is -4.63. The molecule has 0 saturated carbocycles. The molecule has 4 aliphatic heterocycles. The van der Waals surface area contributed by atoms with E-state index in [1.54, 1.807) is 6.07 Å². The number of carbonyl (C=O) groups excluding carboxylic acids is 3. The molecule has 4 atom stereocenters. The van der Waals surface area contributed by atoms with Crippen molar-refractivity contribution in [1.29, 1.82) is 0 Å². The lowest BCUT2D eigenvalue weighted by molar-refractivity contribution is -0.137. The van der Waals surface area contributed by atoms with E-state index in [2.05, 4.69) is 5.32 Å². The monoisotopic (exact) mass is 489 g/mol. The van der Waals surface area contributed by atoms with E-state index in [0.717, 1.165) is 29.0 Å². The quantitative estimate of drug-likeness (QED) is 0.612. The Bertz CT molecular complexity index is 1300. The average Bonchev–Trinajstić information content (AvgIpc) is 3.47. The van der Waals surface area contributed by atoms with Crippen LogP contribution in [-0.4, -0.2) is 35.2 Å². The molecule has 3 saturated heterocycles. The summed E-state index contributed by atoms with van der Waals surface area (Å²) >= 11 is 6.44. The Hall–Kier alpha value is -2.91. The van der Waals surface area contributed by atoms with Crippen molar-refractivity contribution in [2.45, 2.75) is 37.5 Å². The third-order valence-corrected chi connectivity index (χ3v) is 7.93. The molecule has 6 rings (SSSR count). The number of nitrogens with zero attached hydrogens (tertiary/aromatic N) is 2. The summed E-state index contributed by atoms with van der Waals surface area (Å²) in [6.45, 7) is 2.35. The fourth-order valence-electron chi connectivity index (χ4n) is 6.47. The molecule has 4 aliphatic rings. The lowest BCUT2D eigenvalue weighted by Crippen LogP contribution is -2.54. The Balaban J connectivity index is 1.54. The molecule has 2 aromatic carbocycles. The van der Waals surface area contributed by atoms with Crippen molar-refractivity contribution < 1.29 is 27.6 Å². The van der Waals surface area contributed by atoms with Crippen molar-refractivity contribution in [1.82, 2.24) is 4.90 Å². The lowest BCUT2D eigenvalue weighted by atomic mass is 9.75. The summed E-state index contributed by atoms with van der Waals surface area (Å²) in [6.07, 6.45) is -3.27. The molecule has 1 N–H and O–H groups in total. The van der Waals surface area contributed by atoms with Crippen LogP contribution in [0.15, 0.2) is 36.4 Å². The second kappa shape index (κ2) is 6.82. The Morgan fingerprint density at radius 1 is 1.12 bits per heavy atom. The highest BCUT2D eigenvalue weighted by atomic mass is 35.5. The summed E-state index contributed by atoms with van der Waals surface area (Å²) in [5.41, 5.74) is -0.758. The molecular formula is C24H19ClF3N3O3. The molecule has 34 heavy (non-hydrogen) atoms. The van der Waals surface area contributed by atoms with Crippen molar-refractivity contribution in [2.75, 3.05) is 16.8 Å². The lowest BCUT2D eigenvalue weighted by Gasteiger charge is -2.36. The van der Waals surface area contributed by atoms with Crippen LogP contribution in [0.25, 0.3) is 0 Å². The van der Waals surface area contributed by atoms with E-state index in [-0.39, 0.29) is 11.7 Å². The topological polar surface area (TPSA) is 69.7 Å². The van der Waals surface area contributed by atoms with Crippen LogP contribution in [0.5, 0.6) is 0 Å². The molecule has 4 heterocycles. The van der Waals surface area contributed by atoms with E-state index in [1.165, 1.54) is 12.1 Å². The van der Waals surface area contributed by atoms with Crippen LogP contribution in [-0.2, 0) is 26.1 Å². The number of hydrogen-bond acceptors (Lipinski definition) is 4. The Labute approximate surface area is 197 Å². The van der Waals surface area contributed by atoms with Gasteiger partial charge in [-0.2, -0.15) is 13.2 Å². The van der Waals surface area contributed by atoms with Crippen molar-refractivity contribution in [2.24, 2.45) is 11.8 Å². The maximum Gasteiger partial charge on any atom is 0.416 e. The zero-order valence-electron chi connectivity index (χ0n) is 17.9. The normalized spacial score (nSPS) is 30.2. The molecule has 6 nitrogen and oxygen atoms in total. The van der Waals surface area contributed by atoms with Gasteiger partial charge in [0, 0.05) is 11.6 Å². The first kappa shape index (κ1) is 21.6. The first-order chi connectivity index (χ1) is 16.1. The Morgan fingerprint density at radius 3 is 2.62 bits per heavy atom. The van der Waals surface area contributed by atoms with Crippen molar-refractivity contribution in [3.8, 4) is 0 Å². The maximum absolute atomic E-state index is 13.9. The van der Waals surface area contributed by atoms with Gasteiger partial charge in [0.05, 0.1) is 33.8 Å². The molecule has 0 aromatic heterocycles. The van der Waals surface area contributed by atoms with Crippen LogP contribution in [0.2, 0.25) is 5.02 Å². The van der Waals surface area contributed by atoms with Gasteiger partial charge >= 0.3 is 6.18 Å². The summed E-state index contributed by atoms with van der Waals surface area (Å²) in [5, 5.41) is 3.17. The number of aryl methyl sites for hydroxylation is 1. The number of carbonyl (C=O) groups is 3. The largest absolute Gasteiger partial charge is 0.416 e. The molecule has 3 amide bonds. The molecule has 0 aliphatic carbocycles. The number of alkyl halides is 3. The van der Waals surface area contributed by atoms with E-state index in [9.17, 15) is 27.6 Å². The average molecular weight is 490 g/mol. The SMILES string of the molecule is Cc1cc(Cl)c2c(c1)[C@]1(C(=O)N2)[C@@H]2C(=O)N(c3cccc(C(F)(F)F)c3)C(=O)[C@@H]2[C@@H]2CCCN21. The summed E-state index contributed by atoms with van der Waals surface area (Å²) in [6, 6.07) is 7.33. The van der Waals surface area contributed by atoms with Gasteiger partial charge in [-0.05, 0) is 56.1 Å². The molecule has 3 fully saturated rings. The number of nitrogens with one attached hydrogen (secondary N) is 1. The number of benzene rings is 2. The summed E-state index contributed by atoms with van der Waals surface area (Å²) in [4.78, 5) is 43.9. The van der Waals surface area contributed by atoms with E-state index in [4.69, 9.17) is 11.6 Å². The van der Waals surface area contributed by atoms with Crippen molar-refractivity contribution >= 4 is 40.7 Å². The number of amides is 3. The fraction of sp³-hybridized carbons (Fsp3) is 0.375. The van der Waals surface area contributed by atoms with Gasteiger partial charge in [-0.15, -0.1) is 0 Å². The number of fused-ring (bicyclic) bond motifs is 7.